The van der Waals surface area contributed by atoms with Crippen molar-refractivity contribution in [2.75, 3.05) is 0 Å². The van der Waals surface area contributed by atoms with Crippen LogP contribution in [0.15, 0.2) is 35.1 Å². The van der Waals surface area contributed by atoms with Crippen LogP contribution in [0.4, 0.5) is 0 Å². The predicted molar refractivity (Wildman–Crippen MR) is 56.5 cm³/mol. The van der Waals surface area contributed by atoms with Gasteiger partial charge < -0.3 is 4.98 Å². The lowest BCUT2D eigenvalue weighted by molar-refractivity contribution is 1.25. The highest BCUT2D eigenvalue weighted by Crippen LogP contribution is 2.27. The standard InChI is InChI=1S/C10H9BrN2/c1-7-6-9(11)10(13-7)8-2-4-12-5-3-8/h2-6,13H,1H3. The summed E-state index contributed by atoms with van der Waals surface area (Å²) in [7, 11) is 0. The second-order valence-electron chi connectivity index (χ2n) is 2.91. The lowest BCUT2D eigenvalue weighted by Gasteiger charge is -1.97. The molecule has 2 heterocycles. The number of halogens is 1. The van der Waals surface area contributed by atoms with Crippen LogP contribution in [0.5, 0.6) is 0 Å². The largest absolute Gasteiger partial charge is 0.358 e. The molecular formula is C10H9BrN2. The van der Waals surface area contributed by atoms with E-state index in [1.165, 1.54) is 0 Å². The second-order valence-corrected chi connectivity index (χ2v) is 3.77. The normalized spacial score (nSPS) is 10.3. The Morgan fingerprint density at radius 3 is 2.54 bits per heavy atom. The highest BCUT2D eigenvalue weighted by Gasteiger charge is 2.04. The average molecular weight is 237 g/mol. The first-order valence-corrected chi connectivity index (χ1v) is 4.82. The summed E-state index contributed by atoms with van der Waals surface area (Å²) in [5, 5.41) is 0. The molecular weight excluding hydrogens is 228 g/mol. The molecule has 0 saturated heterocycles. The van der Waals surface area contributed by atoms with Gasteiger partial charge >= 0.3 is 0 Å². The van der Waals surface area contributed by atoms with Crippen LogP contribution < -0.4 is 0 Å². The first-order valence-electron chi connectivity index (χ1n) is 4.03. The summed E-state index contributed by atoms with van der Waals surface area (Å²) in [5.74, 6) is 0. The van der Waals surface area contributed by atoms with Gasteiger partial charge in [-0.05, 0) is 41.1 Å². The highest BCUT2D eigenvalue weighted by molar-refractivity contribution is 9.10. The van der Waals surface area contributed by atoms with Gasteiger partial charge in [0.15, 0.2) is 0 Å². The number of aromatic amines is 1. The third-order valence-electron chi connectivity index (χ3n) is 1.87. The van der Waals surface area contributed by atoms with Gasteiger partial charge in [0.05, 0.1) is 5.69 Å². The molecule has 0 aliphatic carbocycles. The summed E-state index contributed by atoms with van der Waals surface area (Å²) in [6.07, 6.45) is 3.58. The van der Waals surface area contributed by atoms with Gasteiger partial charge in [-0.15, -0.1) is 0 Å². The number of nitrogens with one attached hydrogen (secondary N) is 1. The molecule has 1 N–H and O–H groups in total. The highest BCUT2D eigenvalue weighted by atomic mass is 79.9. The van der Waals surface area contributed by atoms with E-state index < -0.39 is 0 Å². The van der Waals surface area contributed by atoms with Crippen LogP contribution in [0.1, 0.15) is 5.69 Å². The quantitative estimate of drug-likeness (QED) is 0.810. The Morgan fingerprint density at radius 2 is 2.00 bits per heavy atom. The van der Waals surface area contributed by atoms with Gasteiger partial charge in [-0.3, -0.25) is 4.98 Å². The van der Waals surface area contributed by atoms with E-state index in [4.69, 9.17) is 0 Å². The summed E-state index contributed by atoms with van der Waals surface area (Å²) in [6, 6.07) is 6.03. The van der Waals surface area contributed by atoms with Crippen molar-refractivity contribution in [1.29, 1.82) is 0 Å². The Morgan fingerprint density at radius 1 is 1.31 bits per heavy atom. The zero-order valence-corrected chi connectivity index (χ0v) is 8.80. The summed E-state index contributed by atoms with van der Waals surface area (Å²) < 4.78 is 1.09. The topological polar surface area (TPSA) is 28.7 Å². The number of aryl methyl sites for hydroxylation is 1. The average Bonchev–Trinajstić information content (AvgIpc) is 2.47. The molecule has 66 valence electrons. The minimum atomic E-state index is 1.09. The van der Waals surface area contributed by atoms with Crippen molar-refractivity contribution in [3.63, 3.8) is 0 Å². The van der Waals surface area contributed by atoms with Crippen molar-refractivity contribution in [1.82, 2.24) is 9.97 Å². The van der Waals surface area contributed by atoms with E-state index in [9.17, 15) is 0 Å². The molecule has 0 aliphatic heterocycles. The first-order chi connectivity index (χ1) is 6.27. The third-order valence-corrected chi connectivity index (χ3v) is 2.50. The Bertz CT molecular complexity index is 406. The lowest BCUT2D eigenvalue weighted by atomic mass is 10.2. The molecule has 0 unspecified atom stereocenters. The SMILES string of the molecule is Cc1cc(Br)c(-c2ccncc2)[nH]1. The smallest absolute Gasteiger partial charge is 0.0601 e. The monoisotopic (exact) mass is 236 g/mol. The van der Waals surface area contributed by atoms with Gasteiger partial charge in [-0.2, -0.15) is 0 Å². The Hall–Kier alpha value is -1.09. The van der Waals surface area contributed by atoms with E-state index in [1.54, 1.807) is 12.4 Å². The molecule has 2 nitrogen and oxygen atoms in total. The second kappa shape index (κ2) is 3.34. The van der Waals surface area contributed by atoms with Crippen molar-refractivity contribution >= 4 is 15.9 Å². The van der Waals surface area contributed by atoms with E-state index in [2.05, 4.69) is 32.0 Å². The summed E-state index contributed by atoms with van der Waals surface area (Å²) in [4.78, 5) is 7.26. The van der Waals surface area contributed by atoms with Gasteiger partial charge in [-0.1, -0.05) is 0 Å². The molecule has 0 amide bonds. The molecule has 2 aromatic rings. The van der Waals surface area contributed by atoms with Gasteiger partial charge in [0.1, 0.15) is 0 Å². The van der Waals surface area contributed by atoms with Crippen LogP contribution in [0.3, 0.4) is 0 Å². The minimum absolute atomic E-state index is 1.09. The number of aromatic nitrogens is 2. The third kappa shape index (κ3) is 1.65. The van der Waals surface area contributed by atoms with Crippen LogP contribution in [-0.4, -0.2) is 9.97 Å². The molecule has 0 aromatic carbocycles. The molecule has 0 atom stereocenters. The summed E-state index contributed by atoms with van der Waals surface area (Å²) >= 11 is 3.50. The fourth-order valence-corrected chi connectivity index (χ4v) is 1.96. The maximum Gasteiger partial charge on any atom is 0.0601 e. The number of rotatable bonds is 1. The molecule has 0 spiro atoms. The number of hydrogen-bond donors (Lipinski definition) is 1. The van der Waals surface area contributed by atoms with Crippen LogP contribution in [0.25, 0.3) is 11.3 Å². The van der Waals surface area contributed by atoms with E-state index in [0.717, 1.165) is 21.4 Å². The Labute approximate surface area is 85.1 Å². The maximum atomic E-state index is 3.98. The zero-order valence-electron chi connectivity index (χ0n) is 7.21. The molecule has 0 saturated carbocycles. The van der Waals surface area contributed by atoms with Gasteiger partial charge in [0.2, 0.25) is 0 Å². The molecule has 13 heavy (non-hydrogen) atoms. The van der Waals surface area contributed by atoms with Crippen LogP contribution >= 0.6 is 15.9 Å². The van der Waals surface area contributed by atoms with E-state index in [-0.39, 0.29) is 0 Å². The molecule has 0 radical (unpaired) electrons. The summed E-state index contributed by atoms with van der Waals surface area (Å²) in [6.45, 7) is 2.04. The van der Waals surface area contributed by atoms with Crippen molar-refractivity contribution in [3.05, 3.63) is 40.8 Å². The minimum Gasteiger partial charge on any atom is -0.358 e. The first kappa shape index (κ1) is 8.51. The van der Waals surface area contributed by atoms with Gasteiger partial charge in [-0.25, -0.2) is 0 Å². The fraction of sp³-hybridized carbons (Fsp3) is 0.100. The molecule has 2 rings (SSSR count). The number of pyridine rings is 1. The van der Waals surface area contributed by atoms with Crippen LogP contribution in [-0.2, 0) is 0 Å². The number of hydrogen-bond acceptors (Lipinski definition) is 1. The number of nitrogens with zero attached hydrogens (tertiary/aromatic N) is 1. The molecule has 3 heteroatoms. The van der Waals surface area contributed by atoms with Gasteiger partial charge in [0, 0.05) is 28.1 Å². The molecule has 0 aliphatic rings. The maximum absolute atomic E-state index is 3.98. The molecule has 2 aromatic heterocycles. The number of H-pyrrole nitrogens is 1. The Balaban J connectivity index is 2.53. The zero-order chi connectivity index (χ0) is 9.26. The van der Waals surface area contributed by atoms with E-state index in [0.29, 0.717) is 0 Å². The van der Waals surface area contributed by atoms with Gasteiger partial charge in [0.25, 0.3) is 0 Å². The van der Waals surface area contributed by atoms with Crippen LogP contribution in [0.2, 0.25) is 0 Å². The van der Waals surface area contributed by atoms with E-state index >= 15 is 0 Å². The lowest BCUT2D eigenvalue weighted by Crippen LogP contribution is -1.79. The fourth-order valence-electron chi connectivity index (χ4n) is 1.28. The Kier molecular flexibility index (Phi) is 2.19. The predicted octanol–water partition coefficient (Wildman–Crippen LogP) is 3.15. The summed E-state index contributed by atoms with van der Waals surface area (Å²) in [5.41, 5.74) is 3.41. The van der Waals surface area contributed by atoms with E-state index in [1.807, 2.05) is 19.1 Å². The van der Waals surface area contributed by atoms with Crippen molar-refractivity contribution in [2.24, 2.45) is 0 Å². The molecule has 0 fully saturated rings. The van der Waals surface area contributed by atoms with Crippen molar-refractivity contribution < 1.29 is 0 Å². The van der Waals surface area contributed by atoms with Crippen molar-refractivity contribution in [3.8, 4) is 11.3 Å². The van der Waals surface area contributed by atoms with Crippen LogP contribution in [0, 0.1) is 6.92 Å². The molecule has 0 bridgehead atoms. The van der Waals surface area contributed by atoms with Crippen molar-refractivity contribution in [2.45, 2.75) is 6.92 Å².